The number of H-pyrrole nitrogens is 1. The van der Waals surface area contributed by atoms with Gasteiger partial charge >= 0.3 is 0 Å². The van der Waals surface area contributed by atoms with Crippen LogP contribution in [-0.2, 0) is 0 Å². The number of aromatic amines is 1. The Morgan fingerprint density at radius 2 is 1.90 bits per heavy atom. The van der Waals surface area contributed by atoms with Gasteiger partial charge in [0.05, 0.1) is 12.3 Å². The van der Waals surface area contributed by atoms with Crippen LogP contribution in [0, 0.1) is 0 Å². The van der Waals surface area contributed by atoms with Crippen molar-refractivity contribution in [2.45, 2.75) is 13.0 Å². The fourth-order valence-electron chi connectivity index (χ4n) is 3.60. The summed E-state index contributed by atoms with van der Waals surface area (Å²) in [6, 6.07) is 13.7. The second-order valence-corrected chi connectivity index (χ2v) is 6.71. The molecule has 0 bridgehead atoms. The fraction of sp³-hybridized carbons (Fsp3) is 0.150. The Morgan fingerprint density at radius 1 is 1.13 bits per heavy atom. The first-order valence-corrected chi connectivity index (χ1v) is 9.35. The van der Waals surface area contributed by atoms with Gasteiger partial charge < -0.3 is 15.2 Å². The number of aromatic hydroxyl groups is 1. The van der Waals surface area contributed by atoms with Gasteiger partial charge in [-0.05, 0) is 59.3 Å². The number of rotatable bonds is 4. The van der Waals surface area contributed by atoms with E-state index in [1.54, 1.807) is 28.9 Å². The van der Waals surface area contributed by atoms with Crippen LogP contribution in [0.15, 0.2) is 53.3 Å². The van der Waals surface area contributed by atoms with E-state index in [9.17, 15) is 9.90 Å². The maximum atomic E-state index is 12.6. The van der Waals surface area contributed by atoms with E-state index < -0.39 is 6.04 Å². The molecule has 0 aliphatic carbocycles. The third-order valence-electron chi connectivity index (χ3n) is 4.92. The molecule has 4 aromatic rings. The van der Waals surface area contributed by atoms with E-state index in [-0.39, 0.29) is 11.3 Å². The van der Waals surface area contributed by atoms with Gasteiger partial charge in [-0.3, -0.25) is 4.79 Å². The van der Waals surface area contributed by atoms with Crippen LogP contribution in [0.2, 0.25) is 0 Å². The summed E-state index contributed by atoms with van der Waals surface area (Å²) in [7, 11) is 0. The van der Waals surface area contributed by atoms with Crippen LogP contribution in [0.3, 0.4) is 0 Å². The Bertz CT molecular complexity index is 1260. The lowest BCUT2D eigenvalue weighted by Gasteiger charge is -2.27. The van der Waals surface area contributed by atoms with E-state index in [0.29, 0.717) is 29.5 Å². The summed E-state index contributed by atoms with van der Waals surface area (Å²) in [6.07, 6.45) is 0. The zero-order valence-electron chi connectivity index (χ0n) is 15.9. The number of fused-ring (bicyclic) bond motifs is 2. The number of phenols is 1. The average Bonchev–Trinajstić information content (AvgIpc) is 3.23. The van der Waals surface area contributed by atoms with Gasteiger partial charge in [-0.2, -0.15) is 9.78 Å². The number of tetrazole rings is 1. The molecule has 0 saturated carbocycles. The molecule has 5 rings (SSSR count). The minimum absolute atomic E-state index is 0.139. The molecule has 150 valence electrons. The van der Waals surface area contributed by atoms with E-state index in [1.165, 1.54) is 0 Å². The van der Waals surface area contributed by atoms with Gasteiger partial charge in [0, 0.05) is 11.1 Å². The van der Waals surface area contributed by atoms with Crippen LogP contribution < -0.4 is 15.6 Å². The summed E-state index contributed by atoms with van der Waals surface area (Å²) in [4.78, 5) is 12.6. The molecule has 10 nitrogen and oxygen atoms in total. The highest BCUT2D eigenvalue weighted by Gasteiger charge is 2.34. The predicted molar refractivity (Wildman–Crippen MR) is 108 cm³/mol. The van der Waals surface area contributed by atoms with Crippen LogP contribution >= 0.6 is 0 Å². The lowest BCUT2D eigenvalue weighted by molar-refractivity contribution is 0.340. The first-order chi connectivity index (χ1) is 14.7. The smallest absolute Gasteiger partial charge is 0.288 e. The molecular weight excluding hydrogens is 386 g/mol. The number of nitrogens with zero attached hydrogens (tertiary/aromatic N) is 5. The number of hydrogen-bond acceptors (Lipinski definition) is 8. The lowest BCUT2D eigenvalue weighted by atomic mass is 9.92. The normalized spacial score (nSPS) is 14.5. The Kier molecular flexibility index (Phi) is 4.16. The van der Waals surface area contributed by atoms with E-state index in [4.69, 9.17) is 4.74 Å². The molecule has 0 unspecified atom stereocenters. The highest BCUT2D eigenvalue weighted by molar-refractivity contribution is 5.75. The van der Waals surface area contributed by atoms with E-state index in [1.807, 2.05) is 31.2 Å². The minimum Gasteiger partial charge on any atom is -0.508 e. The predicted octanol–water partition coefficient (Wildman–Crippen LogP) is 2.22. The molecule has 1 aliphatic rings. The summed E-state index contributed by atoms with van der Waals surface area (Å²) in [5.74, 6) is 1.23. The van der Waals surface area contributed by atoms with E-state index in [2.05, 4.69) is 31.0 Å². The van der Waals surface area contributed by atoms with Crippen molar-refractivity contribution in [3.05, 3.63) is 70.0 Å². The molecule has 3 N–H and O–H groups in total. The fourth-order valence-corrected chi connectivity index (χ4v) is 3.60. The molecular formula is C20H17N7O3. The quantitative estimate of drug-likeness (QED) is 0.416. The SMILES string of the molecule is CCOc1ccc(-c2n[nH]c(=O)c3c2[C@H](c2ccc(O)cc2)n2nnnc2N3)cc1. The largest absolute Gasteiger partial charge is 0.508 e. The van der Waals surface area contributed by atoms with Crippen molar-refractivity contribution < 1.29 is 9.84 Å². The lowest BCUT2D eigenvalue weighted by Crippen LogP contribution is -2.29. The van der Waals surface area contributed by atoms with Crippen molar-refractivity contribution in [1.29, 1.82) is 0 Å². The van der Waals surface area contributed by atoms with Crippen LogP contribution in [0.25, 0.3) is 11.3 Å². The van der Waals surface area contributed by atoms with Crippen molar-refractivity contribution in [3.8, 4) is 22.8 Å². The van der Waals surface area contributed by atoms with Gasteiger partial charge in [0.15, 0.2) is 0 Å². The Morgan fingerprint density at radius 3 is 2.63 bits per heavy atom. The second kappa shape index (κ2) is 6.99. The Labute approximate surface area is 170 Å². The topological polar surface area (TPSA) is 131 Å². The maximum Gasteiger partial charge on any atom is 0.288 e. The molecule has 30 heavy (non-hydrogen) atoms. The van der Waals surface area contributed by atoms with Crippen molar-refractivity contribution >= 4 is 11.6 Å². The molecule has 2 aromatic carbocycles. The number of nitrogens with one attached hydrogen (secondary N) is 2. The summed E-state index contributed by atoms with van der Waals surface area (Å²) < 4.78 is 7.11. The molecule has 1 aliphatic heterocycles. The molecule has 0 spiro atoms. The van der Waals surface area contributed by atoms with Crippen LogP contribution in [0.5, 0.6) is 11.5 Å². The molecule has 2 aromatic heterocycles. The molecule has 1 atom stereocenters. The zero-order valence-corrected chi connectivity index (χ0v) is 15.9. The average molecular weight is 403 g/mol. The highest BCUT2D eigenvalue weighted by atomic mass is 16.5. The standard InChI is InChI=1S/C20H17N7O3/c1-2-30-14-9-5-11(6-10-14)16-15-17(19(29)23-22-16)21-20-24-25-26-27(20)18(15)12-3-7-13(28)8-4-12/h3-10,18,28H,2H2,1H3,(H,23,29)(H,21,24,26)/t18-/m0/s1. The van der Waals surface area contributed by atoms with Gasteiger partial charge in [-0.15, -0.1) is 0 Å². The maximum absolute atomic E-state index is 12.6. The summed E-state index contributed by atoms with van der Waals surface area (Å²) >= 11 is 0. The summed E-state index contributed by atoms with van der Waals surface area (Å²) in [5.41, 5.74) is 2.76. The van der Waals surface area contributed by atoms with Crippen molar-refractivity contribution in [2.24, 2.45) is 0 Å². The second-order valence-electron chi connectivity index (χ2n) is 6.71. The first-order valence-electron chi connectivity index (χ1n) is 9.35. The first kappa shape index (κ1) is 17.9. The molecule has 0 fully saturated rings. The number of benzene rings is 2. The number of aromatic nitrogens is 6. The van der Waals surface area contributed by atoms with E-state index >= 15 is 0 Å². The zero-order chi connectivity index (χ0) is 20.7. The highest BCUT2D eigenvalue weighted by Crippen LogP contribution is 2.41. The summed E-state index contributed by atoms with van der Waals surface area (Å²) in [6.45, 7) is 2.49. The summed E-state index contributed by atoms with van der Waals surface area (Å²) in [5, 5.41) is 31.4. The number of phenolic OH excluding ortho intramolecular Hbond substituents is 1. The molecule has 10 heteroatoms. The number of hydrogen-bond donors (Lipinski definition) is 3. The molecule has 0 radical (unpaired) electrons. The van der Waals surface area contributed by atoms with E-state index in [0.717, 1.165) is 16.9 Å². The van der Waals surface area contributed by atoms with Gasteiger partial charge in [-0.1, -0.05) is 17.2 Å². The van der Waals surface area contributed by atoms with Crippen LogP contribution in [0.4, 0.5) is 11.6 Å². The van der Waals surface area contributed by atoms with Crippen LogP contribution in [-0.4, -0.2) is 42.1 Å². The van der Waals surface area contributed by atoms with Crippen molar-refractivity contribution in [2.75, 3.05) is 11.9 Å². The van der Waals surface area contributed by atoms with Crippen molar-refractivity contribution in [3.63, 3.8) is 0 Å². The van der Waals surface area contributed by atoms with Crippen molar-refractivity contribution in [1.82, 2.24) is 30.4 Å². The molecule has 0 amide bonds. The number of anilines is 2. The monoisotopic (exact) mass is 403 g/mol. The van der Waals surface area contributed by atoms with Crippen LogP contribution in [0.1, 0.15) is 24.1 Å². The third kappa shape index (κ3) is 2.85. The Hall–Kier alpha value is -4.21. The van der Waals surface area contributed by atoms with Gasteiger partial charge in [-0.25, -0.2) is 5.10 Å². The third-order valence-corrected chi connectivity index (χ3v) is 4.92. The number of ether oxygens (including phenoxy) is 1. The molecule has 3 heterocycles. The Balaban J connectivity index is 1.73. The van der Waals surface area contributed by atoms with Gasteiger partial charge in [0.2, 0.25) is 5.95 Å². The van der Waals surface area contributed by atoms with Gasteiger partial charge in [0.1, 0.15) is 23.2 Å². The van der Waals surface area contributed by atoms with Gasteiger partial charge in [0.25, 0.3) is 5.56 Å². The minimum atomic E-state index is -0.511. The molecule has 0 saturated heterocycles.